The second-order valence-corrected chi connectivity index (χ2v) is 4.40. The second kappa shape index (κ2) is 7.47. The molecule has 6 heteroatoms. The first-order valence-electron chi connectivity index (χ1n) is 6.49. The molecular formula is C14H19FN2O3. The number of rotatable bonds is 6. The molecule has 5 nitrogen and oxygen atoms in total. The molecule has 20 heavy (non-hydrogen) atoms. The van der Waals surface area contributed by atoms with Crippen LogP contribution in [0.25, 0.3) is 0 Å². The van der Waals surface area contributed by atoms with Crippen molar-refractivity contribution in [3.05, 3.63) is 29.6 Å². The van der Waals surface area contributed by atoms with Crippen LogP contribution in [0, 0.1) is 5.82 Å². The van der Waals surface area contributed by atoms with Gasteiger partial charge in [-0.3, -0.25) is 4.79 Å². The van der Waals surface area contributed by atoms with Gasteiger partial charge >= 0.3 is 5.97 Å². The molecule has 0 heterocycles. The summed E-state index contributed by atoms with van der Waals surface area (Å²) in [5, 5.41) is 2.72. The van der Waals surface area contributed by atoms with E-state index in [9.17, 15) is 14.0 Å². The van der Waals surface area contributed by atoms with E-state index in [0.717, 1.165) is 18.9 Å². The van der Waals surface area contributed by atoms with Gasteiger partial charge in [-0.1, -0.05) is 13.8 Å². The maximum absolute atomic E-state index is 13.5. The SMILES string of the molecule is CCC(CC)NC(=O)COC(=O)c1ccc(N)cc1F. The van der Waals surface area contributed by atoms with Gasteiger partial charge in [0.1, 0.15) is 5.82 Å². The largest absolute Gasteiger partial charge is 0.452 e. The number of amides is 1. The first-order chi connectivity index (χ1) is 9.47. The number of benzene rings is 1. The van der Waals surface area contributed by atoms with Crippen molar-refractivity contribution in [2.45, 2.75) is 32.7 Å². The Hall–Kier alpha value is -2.11. The van der Waals surface area contributed by atoms with Crippen LogP contribution in [0.1, 0.15) is 37.0 Å². The minimum absolute atomic E-state index is 0.0504. The van der Waals surface area contributed by atoms with Crippen molar-refractivity contribution in [3.63, 3.8) is 0 Å². The van der Waals surface area contributed by atoms with Gasteiger partial charge in [-0.25, -0.2) is 9.18 Å². The molecule has 0 aliphatic heterocycles. The van der Waals surface area contributed by atoms with Crippen LogP contribution in [0.15, 0.2) is 18.2 Å². The fourth-order valence-corrected chi connectivity index (χ4v) is 1.67. The number of nitrogen functional groups attached to an aromatic ring is 1. The zero-order chi connectivity index (χ0) is 15.1. The van der Waals surface area contributed by atoms with Crippen LogP contribution in [0.2, 0.25) is 0 Å². The van der Waals surface area contributed by atoms with Crippen LogP contribution in [-0.4, -0.2) is 24.5 Å². The van der Waals surface area contributed by atoms with E-state index in [0.29, 0.717) is 0 Å². The zero-order valence-corrected chi connectivity index (χ0v) is 11.6. The molecule has 1 amide bonds. The Kier molecular flexibility index (Phi) is 5.96. The number of ether oxygens (including phenoxy) is 1. The number of nitrogens with one attached hydrogen (secondary N) is 1. The lowest BCUT2D eigenvalue weighted by Crippen LogP contribution is -2.36. The third-order valence-electron chi connectivity index (χ3n) is 2.90. The molecule has 0 aliphatic carbocycles. The van der Waals surface area contributed by atoms with Crippen LogP contribution >= 0.6 is 0 Å². The van der Waals surface area contributed by atoms with Crippen molar-refractivity contribution in [2.75, 3.05) is 12.3 Å². The highest BCUT2D eigenvalue weighted by atomic mass is 19.1. The minimum atomic E-state index is -0.887. The summed E-state index contributed by atoms with van der Waals surface area (Å²) >= 11 is 0. The Balaban J connectivity index is 2.53. The molecule has 0 fully saturated rings. The van der Waals surface area contributed by atoms with E-state index >= 15 is 0 Å². The Morgan fingerprint density at radius 2 is 2.00 bits per heavy atom. The lowest BCUT2D eigenvalue weighted by atomic mass is 10.2. The number of hydrogen-bond donors (Lipinski definition) is 2. The van der Waals surface area contributed by atoms with E-state index < -0.39 is 24.3 Å². The van der Waals surface area contributed by atoms with Gasteiger partial charge in [0, 0.05) is 11.7 Å². The number of halogens is 1. The van der Waals surface area contributed by atoms with Crippen LogP contribution in [-0.2, 0) is 9.53 Å². The second-order valence-electron chi connectivity index (χ2n) is 4.40. The molecule has 0 unspecified atom stereocenters. The van der Waals surface area contributed by atoms with Crippen molar-refractivity contribution in [1.82, 2.24) is 5.32 Å². The number of esters is 1. The van der Waals surface area contributed by atoms with E-state index in [4.69, 9.17) is 10.5 Å². The molecule has 0 saturated heterocycles. The molecule has 0 bridgehead atoms. The van der Waals surface area contributed by atoms with E-state index in [1.165, 1.54) is 12.1 Å². The molecule has 1 aromatic carbocycles. The van der Waals surface area contributed by atoms with Gasteiger partial charge < -0.3 is 15.8 Å². The predicted octanol–water partition coefficient (Wildman–Crippen LogP) is 1.87. The normalized spacial score (nSPS) is 10.4. The van der Waals surface area contributed by atoms with Gasteiger partial charge in [-0.15, -0.1) is 0 Å². The molecule has 0 spiro atoms. The van der Waals surface area contributed by atoms with Gasteiger partial charge in [0.25, 0.3) is 5.91 Å². The van der Waals surface area contributed by atoms with Crippen molar-refractivity contribution < 1.29 is 18.7 Å². The number of carbonyl (C=O) groups excluding carboxylic acids is 2. The molecule has 3 N–H and O–H groups in total. The quantitative estimate of drug-likeness (QED) is 0.616. The summed E-state index contributed by atoms with van der Waals surface area (Å²) < 4.78 is 18.2. The number of anilines is 1. The smallest absolute Gasteiger partial charge is 0.341 e. The summed E-state index contributed by atoms with van der Waals surface area (Å²) in [6.45, 7) is 3.47. The molecule has 1 rings (SSSR count). The van der Waals surface area contributed by atoms with Crippen molar-refractivity contribution in [1.29, 1.82) is 0 Å². The first-order valence-corrected chi connectivity index (χ1v) is 6.49. The van der Waals surface area contributed by atoms with E-state index in [2.05, 4.69) is 5.32 Å². The highest BCUT2D eigenvalue weighted by Crippen LogP contribution is 2.12. The van der Waals surface area contributed by atoms with Gasteiger partial charge in [0.15, 0.2) is 6.61 Å². The van der Waals surface area contributed by atoms with Gasteiger partial charge in [0.05, 0.1) is 5.56 Å². The molecule has 0 atom stereocenters. The Bertz CT molecular complexity index is 487. The summed E-state index contributed by atoms with van der Waals surface area (Å²) in [5.41, 5.74) is 5.35. The highest BCUT2D eigenvalue weighted by Gasteiger charge is 2.16. The monoisotopic (exact) mass is 282 g/mol. The maximum atomic E-state index is 13.5. The maximum Gasteiger partial charge on any atom is 0.341 e. The highest BCUT2D eigenvalue weighted by molar-refractivity contribution is 5.91. The van der Waals surface area contributed by atoms with Crippen molar-refractivity contribution in [2.24, 2.45) is 0 Å². The fraction of sp³-hybridized carbons (Fsp3) is 0.429. The number of nitrogens with two attached hydrogens (primary N) is 1. The van der Waals surface area contributed by atoms with Crippen LogP contribution in [0.5, 0.6) is 0 Å². The number of carbonyl (C=O) groups is 2. The van der Waals surface area contributed by atoms with Gasteiger partial charge in [-0.05, 0) is 31.0 Å². The number of hydrogen-bond acceptors (Lipinski definition) is 4. The lowest BCUT2D eigenvalue weighted by molar-refractivity contribution is -0.125. The predicted molar refractivity (Wildman–Crippen MR) is 73.6 cm³/mol. The minimum Gasteiger partial charge on any atom is -0.452 e. The fourth-order valence-electron chi connectivity index (χ4n) is 1.67. The molecular weight excluding hydrogens is 263 g/mol. The summed E-state index contributed by atoms with van der Waals surface area (Å²) in [5.74, 6) is -2.06. The van der Waals surface area contributed by atoms with Gasteiger partial charge in [0.2, 0.25) is 0 Å². The third kappa shape index (κ3) is 4.53. The molecule has 0 aliphatic rings. The Labute approximate surface area is 117 Å². The van der Waals surface area contributed by atoms with E-state index in [1.807, 2.05) is 13.8 Å². The zero-order valence-electron chi connectivity index (χ0n) is 11.6. The molecule has 1 aromatic rings. The third-order valence-corrected chi connectivity index (χ3v) is 2.90. The average Bonchev–Trinajstić information content (AvgIpc) is 2.42. The molecule has 0 radical (unpaired) electrons. The van der Waals surface area contributed by atoms with E-state index in [1.54, 1.807) is 0 Å². The van der Waals surface area contributed by atoms with Crippen LogP contribution in [0.4, 0.5) is 10.1 Å². The standard InChI is InChI=1S/C14H19FN2O3/c1-3-10(4-2)17-13(18)8-20-14(19)11-6-5-9(16)7-12(11)15/h5-7,10H,3-4,8,16H2,1-2H3,(H,17,18). The Morgan fingerprint density at radius 3 is 2.55 bits per heavy atom. The van der Waals surface area contributed by atoms with Crippen molar-refractivity contribution >= 4 is 17.6 Å². The lowest BCUT2D eigenvalue weighted by Gasteiger charge is -2.14. The summed E-state index contributed by atoms with van der Waals surface area (Å²) in [7, 11) is 0. The average molecular weight is 282 g/mol. The van der Waals surface area contributed by atoms with E-state index in [-0.39, 0.29) is 17.3 Å². The van der Waals surface area contributed by atoms with Gasteiger partial charge in [-0.2, -0.15) is 0 Å². The summed E-state index contributed by atoms with van der Waals surface area (Å²) in [6, 6.07) is 3.70. The molecule has 110 valence electrons. The molecule has 0 saturated carbocycles. The van der Waals surface area contributed by atoms with Crippen LogP contribution in [0.3, 0.4) is 0 Å². The topological polar surface area (TPSA) is 81.4 Å². The van der Waals surface area contributed by atoms with Crippen molar-refractivity contribution in [3.8, 4) is 0 Å². The summed E-state index contributed by atoms with van der Waals surface area (Å²) in [4.78, 5) is 23.2. The molecule has 0 aromatic heterocycles. The summed E-state index contributed by atoms with van der Waals surface area (Å²) in [6.07, 6.45) is 1.59. The first kappa shape index (κ1) is 15.9. The Morgan fingerprint density at radius 1 is 1.35 bits per heavy atom. The van der Waals surface area contributed by atoms with Crippen LogP contribution < -0.4 is 11.1 Å².